The van der Waals surface area contributed by atoms with Gasteiger partial charge in [0.2, 0.25) is 0 Å². The van der Waals surface area contributed by atoms with Gasteiger partial charge in [0.1, 0.15) is 0 Å². The van der Waals surface area contributed by atoms with Crippen molar-refractivity contribution in [1.82, 2.24) is 15.1 Å². The number of ether oxygens (including phenoxy) is 1. The van der Waals surface area contributed by atoms with Gasteiger partial charge >= 0.3 is 0 Å². The van der Waals surface area contributed by atoms with Crippen LogP contribution >= 0.6 is 24.0 Å². The Morgan fingerprint density at radius 1 is 1.20 bits per heavy atom. The van der Waals surface area contributed by atoms with E-state index in [1.807, 2.05) is 25.2 Å². The van der Waals surface area contributed by atoms with Gasteiger partial charge in [0.05, 0.1) is 13.2 Å². The summed E-state index contributed by atoms with van der Waals surface area (Å²) in [6, 6.07) is 11.0. The standard InChI is InChI=1S/C19H30N4O.HI/c1-20-19(21-10-14-24-16-17-7-3-2-4-8-17)23-13-9-18(15-23)22-11-5-6-12-22;/h2-4,7-8,18H,5-6,9-16H2,1H3,(H,20,21);1H. The third-order valence-electron chi connectivity index (χ3n) is 4.97. The summed E-state index contributed by atoms with van der Waals surface area (Å²) in [7, 11) is 1.87. The van der Waals surface area contributed by atoms with Crippen LogP contribution in [0.1, 0.15) is 24.8 Å². The lowest BCUT2D eigenvalue weighted by Crippen LogP contribution is -2.43. The van der Waals surface area contributed by atoms with E-state index in [1.54, 1.807) is 0 Å². The Morgan fingerprint density at radius 2 is 1.96 bits per heavy atom. The Labute approximate surface area is 168 Å². The molecule has 1 aromatic carbocycles. The first-order valence-electron chi connectivity index (χ1n) is 9.18. The smallest absolute Gasteiger partial charge is 0.193 e. The average molecular weight is 458 g/mol. The number of hydrogen-bond donors (Lipinski definition) is 1. The number of benzene rings is 1. The Kier molecular flexibility index (Phi) is 8.98. The van der Waals surface area contributed by atoms with Gasteiger partial charge in [-0.2, -0.15) is 0 Å². The summed E-state index contributed by atoms with van der Waals surface area (Å²) in [5.74, 6) is 1.01. The van der Waals surface area contributed by atoms with Crippen molar-refractivity contribution in [3.8, 4) is 0 Å². The van der Waals surface area contributed by atoms with E-state index in [9.17, 15) is 0 Å². The number of nitrogens with zero attached hydrogens (tertiary/aromatic N) is 3. The fraction of sp³-hybridized carbons (Fsp3) is 0.632. The average Bonchev–Trinajstić information content (AvgIpc) is 3.30. The molecular formula is C19H31IN4O. The molecule has 25 heavy (non-hydrogen) atoms. The number of aliphatic imine (C=N–C) groups is 1. The third kappa shape index (κ3) is 6.11. The number of rotatable bonds is 6. The molecule has 0 spiro atoms. The molecule has 2 heterocycles. The highest BCUT2D eigenvalue weighted by Crippen LogP contribution is 2.20. The lowest BCUT2D eigenvalue weighted by Gasteiger charge is -2.25. The molecular weight excluding hydrogens is 427 g/mol. The minimum atomic E-state index is 0. The summed E-state index contributed by atoms with van der Waals surface area (Å²) in [5.41, 5.74) is 1.22. The second-order valence-corrected chi connectivity index (χ2v) is 6.64. The van der Waals surface area contributed by atoms with E-state index in [2.05, 4.69) is 32.2 Å². The van der Waals surface area contributed by atoms with Crippen LogP contribution in [0.25, 0.3) is 0 Å². The minimum Gasteiger partial charge on any atom is -0.375 e. The molecule has 2 aliphatic rings. The van der Waals surface area contributed by atoms with E-state index in [4.69, 9.17) is 4.74 Å². The van der Waals surface area contributed by atoms with E-state index >= 15 is 0 Å². The summed E-state index contributed by atoms with van der Waals surface area (Å²) in [4.78, 5) is 9.48. The predicted octanol–water partition coefficient (Wildman–Crippen LogP) is 2.57. The molecule has 3 rings (SSSR count). The monoisotopic (exact) mass is 458 g/mol. The van der Waals surface area contributed by atoms with E-state index in [-0.39, 0.29) is 24.0 Å². The highest BCUT2D eigenvalue weighted by Gasteiger charge is 2.30. The van der Waals surface area contributed by atoms with Crippen molar-refractivity contribution in [3.05, 3.63) is 35.9 Å². The van der Waals surface area contributed by atoms with Crippen molar-refractivity contribution in [2.45, 2.75) is 31.9 Å². The molecule has 0 saturated carbocycles. The quantitative estimate of drug-likeness (QED) is 0.308. The molecule has 140 valence electrons. The maximum absolute atomic E-state index is 5.74. The van der Waals surface area contributed by atoms with Crippen molar-refractivity contribution in [2.75, 3.05) is 46.4 Å². The van der Waals surface area contributed by atoms with E-state index in [1.165, 1.54) is 37.9 Å². The Bertz CT molecular complexity index is 519. The topological polar surface area (TPSA) is 40.1 Å². The molecule has 0 bridgehead atoms. The molecule has 6 heteroatoms. The van der Waals surface area contributed by atoms with Crippen molar-refractivity contribution in [2.24, 2.45) is 4.99 Å². The van der Waals surface area contributed by atoms with Crippen LogP contribution < -0.4 is 5.32 Å². The molecule has 2 fully saturated rings. The molecule has 1 atom stereocenters. The molecule has 0 aromatic heterocycles. The van der Waals surface area contributed by atoms with E-state index in [0.717, 1.165) is 25.6 Å². The van der Waals surface area contributed by atoms with Crippen LogP contribution in [0.4, 0.5) is 0 Å². The summed E-state index contributed by atoms with van der Waals surface area (Å²) in [6.45, 7) is 6.91. The summed E-state index contributed by atoms with van der Waals surface area (Å²) >= 11 is 0. The number of guanidine groups is 1. The van der Waals surface area contributed by atoms with Gasteiger partial charge in [0.25, 0.3) is 0 Å². The van der Waals surface area contributed by atoms with Crippen LogP contribution in [0.2, 0.25) is 0 Å². The van der Waals surface area contributed by atoms with Gasteiger partial charge in [-0.3, -0.25) is 9.89 Å². The Hall–Kier alpha value is -0.860. The molecule has 0 amide bonds. The van der Waals surface area contributed by atoms with Crippen molar-refractivity contribution >= 4 is 29.9 Å². The first-order chi connectivity index (χ1) is 11.9. The maximum Gasteiger partial charge on any atom is 0.193 e. The predicted molar refractivity (Wildman–Crippen MR) is 114 cm³/mol. The van der Waals surface area contributed by atoms with Gasteiger partial charge in [0, 0.05) is 32.7 Å². The normalized spacial score (nSPS) is 21.4. The fourth-order valence-corrected chi connectivity index (χ4v) is 3.67. The van der Waals surface area contributed by atoms with Crippen LogP contribution in [0, 0.1) is 0 Å². The molecule has 1 aromatic rings. The second-order valence-electron chi connectivity index (χ2n) is 6.64. The van der Waals surface area contributed by atoms with Crippen LogP contribution in [-0.4, -0.2) is 68.2 Å². The summed E-state index contributed by atoms with van der Waals surface area (Å²) in [5, 5.41) is 3.44. The molecule has 2 aliphatic heterocycles. The minimum absolute atomic E-state index is 0. The third-order valence-corrected chi connectivity index (χ3v) is 4.97. The number of nitrogens with one attached hydrogen (secondary N) is 1. The van der Waals surface area contributed by atoms with Crippen LogP contribution in [0.15, 0.2) is 35.3 Å². The lowest BCUT2D eigenvalue weighted by atomic mass is 10.2. The van der Waals surface area contributed by atoms with Crippen molar-refractivity contribution in [3.63, 3.8) is 0 Å². The van der Waals surface area contributed by atoms with Crippen molar-refractivity contribution < 1.29 is 4.74 Å². The van der Waals surface area contributed by atoms with Crippen LogP contribution in [0.5, 0.6) is 0 Å². The molecule has 2 saturated heterocycles. The van der Waals surface area contributed by atoms with Crippen LogP contribution in [-0.2, 0) is 11.3 Å². The maximum atomic E-state index is 5.74. The van der Waals surface area contributed by atoms with Gasteiger partial charge < -0.3 is 15.0 Å². The SMILES string of the molecule is CN=C(NCCOCc1ccccc1)N1CCC(N2CCCC2)C1.I. The molecule has 5 nitrogen and oxygen atoms in total. The number of likely N-dealkylation sites (tertiary alicyclic amines) is 2. The van der Waals surface area contributed by atoms with Crippen molar-refractivity contribution in [1.29, 1.82) is 0 Å². The van der Waals surface area contributed by atoms with E-state index < -0.39 is 0 Å². The highest BCUT2D eigenvalue weighted by molar-refractivity contribution is 14.0. The second kappa shape index (κ2) is 11.0. The first-order valence-corrected chi connectivity index (χ1v) is 9.18. The van der Waals surface area contributed by atoms with Gasteiger partial charge in [-0.15, -0.1) is 24.0 Å². The van der Waals surface area contributed by atoms with E-state index in [0.29, 0.717) is 19.3 Å². The summed E-state index contributed by atoms with van der Waals surface area (Å²) < 4.78 is 5.74. The Morgan fingerprint density at radius 3 is 2.68 bits per heavy atom. The molecule has 1 N–H and O–H groups in total. The van der Waals surface area contributed by atoms with Gasteiger partial charge in [-0.1, -0.05) is 30.3 Å². The molecule has 1 unspecified atom stereocenters. The lowest BCUT2D eigenvalue weighted by molar-refractivity contribution is 0.125. The van der Waals surface area contributed by atoms with Gasteiger partial charge in [-0.25, -0.2) is 0 Å². The zero-order chi connectivity index (χ0) is 16.6. The van der Waals surface area contributed by atoms with Gasteiger partial charge in [-0.05, 0) is 37.9 Å². The zero-order valence-corrected chi connectivity index (χ0v) is 17.5. The molecule has 0 aliphatic carbocycles. The number of halogens is 1. The fourth-order valence-electron chi connectivity index (χ4n) is 3.67. The van der Waals surface area contributed by atoms with Crippen LogP contribution in [0.3, 0.4) is 0 Å². The zero-order valence-electron chi connectivity index (χ0n) is 15.2. The number of hydrogen-bond acceptors (Lipinski definition) is 3. The molecule has 0 radical (unpaired) electrons. The largest absolute Gasteiger partial charge is 0.375 e. The first kappa shape index (κ1) is 20.5. The highest BCUT2D eigenvalue weighted by atomic mass is 127. The summed E-state index contributed by atoms with van der Waals surface area (Å²) in [6.07, 6.45) is 3.98. The van der Waals surface area contributed by atoms with Gasteiger partial charge in [0.15, 0.2) is 5.96 Å². The Balaban J connectivity index is 0.00000225.